The number of nitrogens with zero attached hydrogens (tertiary/aromatic N) is 2. The Labute approximate surface area is 90.6 Å². The van der Waals surface area contributed by atoms with Crippen LogP contribution in [0.3, 0.4) is 0 Å². The van der Waals surface area contributed by atoms with Gasteiger partial charge in [0.05, 0.1) is 23.0 Å². The first-order valence-corrected chi connectivity index (χ1v) is 4.63. The summed E-state index contributed by atoms with van der Waals surface area (Å²) in [5.41, 5.74) is 0.603. The van der Waals surface area contributed by atoms with Gasteiger partial charge in [0.25, 0.3) is 0 Å². The predicted octanol–water partition coefficient (Wildman–Crippen LogP) is 2.95. The van der Waals surface area contributed by atoms with Crippen LogP contribution in [-0.4, -0.2) is 17.1 Å². The van der Waals surface area contributed by atoms with Gasteiger partial charge in [0.1, 0.15) is 0 Å². The Morgan fingerprint density at radius 1 is 1.21 bits per heavy atom. The van der Waals surface area contributed by atoms with E-state index in [4.69, 9.17) is 27.9 Å². The lowest BCUT2D eigenvalue weighted by molar-refractivity contribution is 0.402. The summed E-state index contributed by atoms with van der Waals surface area (Å²) in [5.74, 6) is 0.433. The summed E-state index contributed by atoms with van der Waals surface area (Å²) >= 11 is 11.7. The molecule has 0 radical (unpaired) electrons. The Balaban J connectivity index is 2.87. The fourth-order valence-corrected chi connectivity index (χ4v) is 1.60. The van der Waals surface area contributed by atoms with Gasteiger partial charge in [-0.2, -0.15) is 4.98 Å². The van der Waals surface area contributed by atoms with Crippen LogP contribution in [0, 0.1) is 0 Å². The van der Waals surface area contributed by atoms with Gasteiger partial charge in [-0.05, 0) is 23.7 Å². The highest BCUT2D eigenvalue weighted by molar-refractivity contribution is 6.35. The van der Waals surface area contributed by atoms with E-state index in [1.807, 2.05) is 12.1 Å². The topological polar surface area (TPSA) is 35.0 Å². The second kappa shape index (κ2) is 3.59. The van der Waals surface area contributed by atoms with Gasteiger partial charge in [-0.25, -0.2) is 4.98 Å². The van der Waals surface area contributed by atoms with Crippen molar-refractivity contribution in [3.8, 4) is 5.88 Å². The summed E-state index contributed by atoms with van der Waals surface area (Å²) in [6, 6.07) is 5.38. The molecule has 72 valence electrons. The Morgan fingerprint density at radius 2 is 2.00 bits per heavy atom. The quantitative estimate of drug-likeness (QED) is 0.705. The molecule has 0 saturated carbocycles. The number of halogens is 2. The smallest absolute Gasteiger partial charge is 0.226 e. The zero-order chi connectivity index (χ0) is 10.1. The Morgan fingerprint density at radius 3 is 2.71 bits per heavy atom. The highest BCUT2D eigenvalue weighted by Crippen LogP contribution is 2.28. The molecule has 0 aliphatic heterocycles. The molecule has 14 heavy (non-hydrogen) atoms. The lowest BCUT2D eigenvalue weighted by Crippen LogP contribution is -1.92. The van der Waals surface area contributed by atoms with Crippen molar-refractivity contribution in [2.75, 3.05) is 7.11 Å². The van der Waals surface area contributed by atoms with Crippen LogP contribution in [0.25, 0.3) is 10.9 Å². The van der Waals surface area contributed by atoms with Gasteiger partial charge in [-0.15, -0.1) is 0 Å². The molecular weight excluding hydrogens is 223 g/mol. The number of benzene rings is 1. The van der Waals surface area contributed by atoms with E-state index in [2.05, 4.69) is 9.97 Å². The number of hydrogen-bond acceptors (Lipinski definition) is 3. The van der Waals surface area contributed by atoms with Crippen molar-refractivity contribution >= 4 is 34.1 Å². The molecule has 1 heterocycles. The number of rotatable bonds is 1. The number of aromatic nitrogens is 2. The molecule has 0 bridgehead atoms. The van der Waals surface area contributed by atoms with Gasteiger partial charge in [0.2, 0.25) is 11.2 Å². The molecule has 1 aromatic heterocycles. The molecule has 0 saturated heterocycles. The van der Waals surface area contributed by atoms with Crippen LogP contribution in [0.4, 0.5) is 0 Å². The number of ether oxygens (including phenoxy) is 1. The summed E-state index contributed by atoms with van der Waals surface area (Å²) in [4.78, 5) is 7.96. The second-order valence-electron chi connectivity index (χ2n) is 2.64. The summed E-state index contributed by atoms with van der Waals surface area (Å²) in [7, 11) is 1.53. The van der Waals surface area contributed by atoms with Gasteiger partial charge < -0.3 is 4.74 Å². The van der Waals surface area contributed by atoms with Gasteiger partial charge >= 0.3 is 0 Å². The van der Waals surface area contributed by atoms with Crippen molar-refractivity contribution in [3.05, 3.63) is 28.5 Å². The van der Waals surface area contributed by atoms with E-state index < -0.39 is 0 Å². The zero-order valence-corrected chi connectivity index (χ0v) is 8.80. The maximum atomic E-state index is 5.95. The third kappa shape index (κ3) is 1.49. The number of hydrogen-bond donors (Lipinski definition) is 0. The van der Waals surface area contributed by atoms with Gasteiger partial charge in [-0.3, -0.25) is 0 Å². The largest absolute Gasteiger partial charge is 0.480 e. The molecule has 0 aliphatic carbocycles. The van der Waals surface area contributed by atoms with E-state index in [-0.39, 0.29) is 5.28 Å². The van der Waals surface area contributed by atoms with Crippen molar-refractivity contribution in [2.24, 2.45) is 0 Å². The first-order chi connectivity index (χ1) is 6.72. The van der Waals surface area contributed by atoms with Crippen LogP contribution >= 0.6 is 23.2 Å². The minimum Gasteiger partial charge on any atom is -0.480 e. The Bertz CT molecular complexity index is 487. The molecule has 2 rings (SSSR count). The van der Waals surface area contributed by atoms with E-state index in [1.165, 1.54) is 7.11 Å². The minimum absolute atomic E-state index is 0.127. The minimum atomic E-state index is 0.127. The molecule has 0 spiro atoms. The first-order valence-electron chi connectivity index (χ1n) is 3.88. The third-order valence-corrected chi connectivity index (χ3v) is 2.28. The predicted molar refractivity (Wildman–Crippen MR) is 56.1 cm³/mol. The molecule has 1 aromatic carbocycles. The Hall–Kier alpha value is -1.06. The van der Waals surface area contributed by atoms with Gasteiger partial charge in [0, 0.05) is 0 Å². The van der Waals surface area contributed by atoms with E-state index in [0.29, 0.717) is 16.4 Å². The first kappa shape index (κ1) is 9.49. The second-order valence-corrected chi connectivity index (χ2v) is 3.38. The fourth-order valence-electron chi connectivity index (χ4n) is 1.22. The van der Waals surface area contributed by atoms with E-state index in [0.717, 1.165) is 5.39 Å². The van der Waals surface area contributed by atoms with Crippen LogP contribution in [0.15, 0.2) is 18.2 Å². The fraction of sp³-hybridized carbons (Fsp3) is 0.111. The molecule has 0 atom stereocenters. The number of methoxy groups -OCH3 is 1. The molecule has 0 fully saturated rings. The van der Waals surface area contributed by atoms with E-state index in [1.54, 1.807) is 6.07 Å². The number of para-hydroxylation sites is 1. The lowest BCUT2D eigenvalue weighted by atomic mass is 10.2. The van der Waals surface area contributed by atoms with Crippen LogP contribution in [-0.2, 0) is 0 Å². The molecule has 3 nitrogen and oxygen atoms in total. The number of fused-ring (bicyclic) bond motifs is 1. The van der Waals surface area contributed by atoms with Crippen molar-refractivity contribution in [1.29, 1.82) is 0 Å². The molecular formula is C9H6Cl2N2O. The molecule has 0 aliphatic rings. The van der Waals surface area contributed by atoms with Crippen LogP contribution < -0.4 is 4.74 Å². The van der Waals surface area contributed by atoms with Crippen molar-refractivity contribution in [1.82, 2.24) is 9.97 Å². The SMILES string of the molecule is COc1nc(Cl)nc2c(Cl)cccc12. The lowest BCUT2D eigenvalue weighted by Gasteiger charge is -2.04. The zero-order valence-electron chi connectivity index (χ0n) is 7.29. The standard InChI is InChI=1S/C9H6Cl2N2O/c1-14-8-5-3-2-4-6(10)7(5)12-9(11)13-8/h2-4H,1H3. The normalized spacial score (nSPS) is 10.5. The third-order valence-electron chi connectivity index (χ3n) is 1.81. The van der Waals surface area contributed by atoms with Gasteiger partial charge in [-0.1, -0.05) is 17.7 Å². The van der Waals surface area contributed by atoms with E-state index >= 15 is 0 Å². The Kier molecular flexibility index (Phi) is 2.44. The van der Waals surface area contributed by atoms with Gasteiger partial charge in [0.15, 0.2) is 0 Å². The molecule has 2 aromatic rings. The van der Waals surface area contributed by atoms with Crippen molar-refractivity contribution in [2.45, 2.75) is 0 Å². The summed E-state index contributed by atoms with van der Waals surface area (Å²) in [6.45, 7) is 0. The molecule has 0 unspecified atom stereocenters. The van der Waals surface area contributed by atoms with Crippen LogP contribution in [0.1, 0.15) is 0 Å². The summed E-state index contributed by atoms with van der Waals surface area (Å²) in [6.07, 6.45) is 0. The monoisotopic (exact) mass is 228 g/mol. The average molecular weight is 229 g/mol. The maximum Gasteiger partial charge on any atom is 0.226 e. The highest BCUT2D eigenvalue weighted by atomic mass is 35.5. The molecule has 5 heteroatoms. The van der Waals surface area contributed by atoms with Crippen LogP contribution in [0.5, 0.6) is 5.88 Å². The molecule has 0 N–H and O–H groups in total. The average Bonchev–Trinajstić information content (AvgIpc) is 2.18. The highest BCUT2D eigenvalue weighted by Gasteiger charge is 2.08. The maximum absolute atomic E-state index is 5.95. The summed E-state index contributed by atoms with van der Waals surface area (Å²) < 4.78 is 5.07. The summed E-state index contributed by atoms with van der Waals surface area (Å²) in [5, 5.41) is 1.41. The van der Waals surface area contributed by atoms with Crippen molar-refractivity contribution < 1.29 is 4.74 Å². The molecule has 0 amide bonds. The van der Waals surface area contributed by atoms with E-state index in [9.17, 15) is 0 Å². The van der Waals surface area contributed by atoms with Crippen molar-refractivity contribution in [3.63, 3.8) is 0 Å². The van der Waals surface area contributed by atoms with Crippen LogP contribution in [0.2, 0.25) is 10.3 Å².